The smallest absolute Gasteiger partial charge is 0.0610 e. The maximum absolute atomic E-state index is 5.78. The van der Waals surface area contributed by atoms with Crippen molar-refractivity contribution >= 4 is 11.4 Å². The predicted octanol–water partition coefficient (Wildman–Crippen LogP) is 2.17. The van der Waals surface area contributed by atoms with Crippen molar-refractivity contribution in [2.75, 3.05) is 18.2 Å². The highest BCUT2D eigenvalue weighted by atomic mass is 16.5. The van der Waals surface area contributed by atoms with Gasteiger partial charge < -0.3 is 15.8 Å². The summed E-state index contributed by atoms with van der Waals surface area (Å²) in [5, 5.41) is 3.46. The Bertz CT molecular complexity index is 325. The van der Waals surface area contributed by atoms with E-state index in [-0.39, 0.29) is 0 Å². The number of methoxy groups -OCH3 is 1. The fraction of sp³-hybridized carbons (Fsp3) is 0.500. The largest absolute Gasteiger partial charge is 0.399 e. The highest BCUT2D eigenvalue weighted by Crippen LogP contribution is 2.27. The molecule has 0 radical (unpaired) electrons. The van der Waals surface area contributed by atoms with E-state index in [4.69, 9.17) is 10.5 Å². The number of rotatable bonds is 3. The molecule has 0 unspecified atom stereocenters. The zero-order valence-corrected chi connectivity index (χ0v) is 9.29. The summed E-state index contributed by atoms with van der Waals surface area (Å²) in [6.45, 7) is 2.06. The lowest BCUT2D eigenvalue weighted by atomic mass is 9.89. The quantitative estimate of drug-likeness (QED) is 0.745. The van der Waals surface area contributed by atoms with Gasteiger partial charge in [-0.1, -0.05) is 0 Å². The Morgan fingerprint density at radius 1 is 1.33 bits per heavy atom. The van der Waals surface area contributed by atoms with Crippen LogP contribution >= 0.6 is 0 Å². The molecule has 82 valence electrons. The van der Waals surface area contributed by atoms with Crippen molar-refractivity contribution in [1.29, 1.82) is 0 Å². The SMILES string of the molecule is COC1CC(Nc2cc(C)cc(N)c2)C1. The molecule has 0 spiro atoms. The van der Waals surface area contributed by atoms with Gasteiger partial charge in [0.2, 0.25) is 0 Å². The van der Waals surface area contributed by atoms with Crippen molar-refractivity contribution in [3.05, 3.63) is 23.8 Å². The van der Waals surface area contributed by atoms with Gasteiger partial charge in [-0.15, -0.1) is 0 Å². The summed E-state index contributed by atoms with van der Waals surface area (Å²) in [7, 11) is 1.77. The molecule has 1 aromatic carbocycles. The van der Waals surface area contributed by atoms with Crippen molar-refractivity contribution in [3.8, 4) is 0 Å². The summed E-state index contributed by atoms with van der Waals surface area (Å²) in [6.07, 6.45) is 2.61. The monoisotopic (exact) mass is 206 g/mol. The van der Waals surface area contributed by atoms with Gasteiger partial charge in [-0.2, -0.15) is 0 Å². The van der Waals surface area contributed by atoms with Gasteiger partial charge in [0.1, 0.15) is 0 Å². The van der Waals surface area contributed by atoms with Crippen LogP contribution in [0.25, 0.3) is 0 Å². The first-order valence-electron chi connectivity index (χ1n) is 5.34. The standard InChI is InChI=1S/C12H18N2O/c1-8-3-9(13)5-10(4-8)14-11-6-12(7-11)15-2/h3-5,11-12,14H,6-7,13H2,1-2H3. The molecule has 0 aliphatic heterocycles. The average molecular weight is 206 g/mol. The van der Waals surface area contributed by atoms with Crippen LogP contribution in [0.4, 0.5) is 11.4 Å². The molecule has 1 aliphatic carbocycles. The minimum atomic E-state index is 0.435. The molecule has 0 atom stereocenters. The molecule has 0 aromatic heterocycles. The number of nitrogens with two attached hydrogens (primary N) is 1. The summed E-state index contributed by atoms with van der Waals surface area (Å²) >= 11 is 0. The van der Waals surface area contributed by atoms with Gasteiger partial charge in [0.15, 0.2) is 0 Å². The zero-order valence-electron chi connectivity index (χ0n) is 9.29. The molecule has 0 saturated heterocycles. The molecule has 3 heteroatoms. The molecule has 3 nitrogen and oxygen atoms in total. The minimum Gasteiger partial charge on any atom is -0.399 e. The van der Waals surface area contributed by atoms with E-state index in [9.17, 15) is 0 Å². The number of benzene rings is 1. The first-order chi connectivity index (χ1) is 7.17. The summed E-state index contributed by atoms with van der Waals surface area (Å²) in [6, 6.07) is 6.62. The van der Waals surface area contributed by atoms with Gasteiger partial charge in [-0.3, -0.25) is 0 Å². The van der Waals surface area contributed by atoms with Crippen LogP contribution in [0.5, 0.6) is 0 Å². The molecule has 1 fully saturated rings. The molecule has 0 heterocycles. The van der Waals surface area contributed by atoms with Gasteiger partial charge >= 0.3 is 0 Å². The van der Waals surface area contributed by atoms with E-state index < -0.39 is 0 Å². The van der Waals surface area contributed by atoms with Crippen LogP contribution in [0.15, 0.2) is 18.2 Å². The van der Waals surface area contributed by atoms with Crippen molar-refractivity contribution in [2.45, 2.75) is 31.9 Å². The third kappa shape index (κ3) is 2.42. The molecule has 15 heavy (non-hydrogen) atoms. The van der Waals surface area contributed by atoms with Crippen LogP contribution in [-0.2, 0) is 4.74 Å². The molecule has 0 bridgehead atoms. The molecule has 0 amide bonds. The van der Waals surface area contributed by atoms with E-state index in [2.05, 4.69) is 18.3 Å². The van der Waals surface area contributed by atoms with Gasteiger partial charge in [0.25, 0.3) is 0 Å². The lowest BCUT2D eigenvalue weighted by Gasteiger charge is -2.35. The van der Waals surface area contributed by atoms with E-state index in [0.29, 0.717) is 12.1 Å². The fourth-order valence-electron chi connectivity index (χ4n) is 2.01. The van der Waals surface area contributed by atoms with Crippen LogP contribution in [0.2, 0.25) is 0 Å². The topological polar surface area (TPSA) is 47.3 Å². The Morgan fingerprint density at radius 3 is 2.67 bits per heavy atom. The molecular formula is C12H18N2O. The van der Waals surface area contributed by atoms with Gasteiger partial charge in [0, 0.05) is 24.5 Å². The van der Waals surface area contributed by atoms with Gasteiger partial charge in [0.05, 0.1) is 6.10 Å². The number of ether oxygens (including phenoxy) is 1. The third-order valence-electron chi connectivity index (χ3n) is 2.90. The van der Waals surface area contributed by atoms with Crippen LogP contribution in [0.3, 0.4) is 0 Å². The lowest BCUT2D eigenvalue weighted by Crippen LogP contribution is -2.40. The number of anilines is 2. The normalized spacial score (nSPS) is 24.7. The van der Waals surface area contributed by atoms with Crippen molar-refractivity contribution < 1.29 is 4.74 Å². The second-order valence-electron chi connectivity index (χ2n) is 4.30. The van der Waals surface area contributed by atoms with E-state index in [1.165, 1.54) is 5.56 Å². The fourth-order valence-corrected chi connectivity index (χ4v) is 2.01. The molecule has 2 rings (SSSR count). The van der Waals surface area contributed by atoms with Crippen LogP contribution in [0.1, 0.15) is 18.4 Å². The first kappa shape index (κ1) is 10.3. The third-order valence-corrected chi connectivity index (χ3v) is 2.90. The molecule has 1 saturated carbocycles. The molecule has 1 aliphatic rings. The number of hydrogen-bond donors (Lipinski definition) is 2. The highest BCUT2D eigenvalue weighted by Gasteiger charge is 2.28. The highest BCUT2D eigenvalue weighted by molar-refractivity contribution is 5.57. The van der Waals surface area contributed by atoms with Crippen molar-refractivity contribution in [3.63, 3.8) is 0 Å². The predicted molar refractivity (Wildman–Crippen MR) is 63.0 cm³/mol. The maximum atomic E-state index is 5.78. The minimum absolute atomic E-state index is 0.435. The first-order valence-corrected chi connectivity index (χ1v) is 5.34. The lowest BCUT2D eigenvalue weighted by molar-refractivity contribution is 0.0329. The summed E-state index contributed by atoms with van der Waals surface area (Å²) in [5.74, 6) is 0. The van der Waals surface area contributed by atoms with E-state index in [1.807, 2.05) is 12.1 Å². The number of hydrogen-bond acceptors (Lipinski definition) is 3. The van der Waals surface area contributed by atoms with E-state index >= 15 is 0 Å². The Labute approximate surface area is 90.6 Å². The van der Waals surface area contributed by atoms with Crippen LogP contribution in [-0.4, -0.2) is 19.3 Å². The van der Waals surface area contributed by atoms with Crippen molar-refractivity contribution in [2.24, 2.45) is 0 Å². The Kier molecular flexibility index (Phi) is 2.82. The van der Waals surface area contributed by atoms with E-state index in [1.54, 1.807) is 7.11 Å². The number of nitrogens with one attached hydrogen (secondary N) is 1. The molecule has 1 aromatic rings. The number of nitrogen functional groups attached to an aromatic ring is 1. The van der Waals surface area contributed by atoms with Crippen LogP contribution < -0.4 is 11.1 Å². The molecule has 3 N–H and O–H groups in total. The zero-order chi connectivity index (χ0) is 10.8. The second kappa shape index (κ2) is 4.11. The maximum Gasteiger partial charge on any atom is 0.0610 e. The average Bonchev–Trinajstić information content (AvgIpc) is 2.08. The van der Waals surface area contributed by atoms with Gasteiger partial charge in [-0.25, -0.2) is 0 Å². The Balaban J connectivity index is 1.94. The van der Waals surface area contributed by atoms with Crippen LogP contribution in [0, 0.1) is 6.92 Å². The summed E-state index contributed by atoms with van der Waals surface area (Å²) < 4.78 is 5.24. The van der Waals surface area contributed by atoms with Crippen molar-refractivity contribution in [1.82, 2.24) is 0 Å². The Morgan fingerprint density at radius 2 is 2.07 bits per heavy atom. The molecular weight excluding hydrogens is 188 g/mol. The summed E-state index contributed by atoms with van der Waals surface area (Å²) in [5.41, 5.74) is 8.92. The summed E-state index contributed by atoms with van der Waals surface area (Å²) in [4.78, 5) is 0. The van der Waals surface area contributed by atoms with Gasteiger partial charge in [-0.05, 0) is 43.5 Å². The van der Waals surface area contributed by atoms with E-state index in [0.717, 1.165) is 24.2 Å². The second-order valence-corrected chi connectivity index (χ2v) is 4.30. The number of aryl methyl sites for hydroxylation is 1. The Hall–Kier alpha value is -1.22.